The van der Waals surface area contributed by atoms with E-state index in [0.717, 1.165) is 5.56 Å². The number of hydrogen-bond acceptors (Lipinski definition) is 6. The van der Waals surface area contributed by atoms with Gasteiger partial charge in [-0.15, -0.1) is 0 Å². The Kier molecular flexibility index (Phi) is 7.90. The second kappa shape index (κ2) is 10.5. The lowest BCUT2D eigenvalue weighted by Crippen LogP contribution is -2.32. The van der Waals surface area contributed by atoms with E-state index < -0.39 is 17.7 Å². The van der Waals surface area contributed by atoms with Gasteiger partial charge in [0.2, 0.25) is 0 Å². The Bertz CT molecular complexity index is 1110. The SMILES string of the molecule is COCCN1C(=O)C(=O)/C(=C(/O)c2cc(C(C)(C)C)ccc2OC)C1c1ccc(OC(C)C)cc1. The van der Waals surface area contributed by atoms with E-state index in [1.54, 1.807) is 18.2 Å². The van der Waals surface area contributed by atoms with Crippen LogP contribution >= 0.6 is 0 Å². The maximum Gasteiger partial charge on any atom is 0.295 e. The molecule has 2 aromatic rings. The van der Waals surface area contributed by atoms with Gasteiger partial charge in [0.1, 0.15) is 17.3 Å². The van der Waals surface area contributed by atoms with Crippen molar-refractivity contribution >= 4 is 17.4 Å². The smallest absolute Gasteiger partial charge is 0.295 e. The summed E-state index contributed by atoms with van der Waals surface area (Å²) in [5.41, 5.74) is 1.84. The molecule has 0 spiro atoms. The van der Waals surface area contributed by atoms with Crippen molar-refractivity contribution in [2.75, 3.05) is 27.4 Å². The van der Waals surface area contributed by atoms with Gasteiger partial charge in [0, 0.05) is 13.7 Å². The number of rotatable bonds is 8. The van der Waals surface area contributed by atoms with Gasteiger partial charge in [-0.25, -0.2) is 0 Å². The van der Waals surface area contributed by atoms with Crippen molar-refractivity contribution in [1.29, 1.82) is 0 Å². The lowest BCUT2D eigenvalue weighted by molar-refractivity contribution is -0.140. The molecule has 0 saturated carbocycles. The number of benzene rings is 2. The molecule has 1 atom stereocenters. The number of ether oxygens (including phenoxy) is 3. The number of carbonyl (C=O) groups excluding carboxylic acids is 2. The molecule has 1 fully saturated rings. The second-order valence-electron chi connectivity index (χ2n) is 9.89. The molecular weight excluding hydrogens is 446 g/mol. The standard InChI is InChI=1S/C28H35NO6/c1-17(2)35-20-11-8-18(9-12-20)24-23(26(31)27(32)29(24)14-15-33-6)25(30)21-16-19(28(3,4)5)10-13-22(21)34-7/h8-13,16-17,24,30H,14-15H2,1-7H3/b25-23+. The van der Waals surface area contributed by atoms with Crippen molar-refractivity contribution in [3.63, 3.8) is 0 Å². The van der Waals surface area contributed by atoms with E-state index in [4.69, 9.17) is 14.2 Å². The van der Waals surface area contributed by atoms with E-state index in [1.165, 1.54) is 19.1 Å². The molecule has 1 aliphatic heterocycles. The molecule has 1 unspecified atom stereocenters. The number of aliphatic hydroxyl groups excluding tert-OH is 1. The molecular formula is C28H35NO6. The largest absolute Gasteiger partial charge is 0.507 e. The lowest BCUT2D eigenvalue weighted by atomic mass is 9.85. The van der Waals surface area contributed by atoms with Crippen LogP contribution in [0.3, 0.4) is 0 Å². The highest BCUT2D eigenvalue weighted by molar-refractivity contribution is 6.46. The molecule has 1 heterocycles. The quantitative estimate of drug-likeness (QED) is 0.330. The number of nitrogens with zero attached hydrogens (tertiary/aromatic N) is 1. The summed E-state index contributed by atoms with van der Waals surface area (Å²) in [5, 5.41) is 11.5. The molecule has 0 radical (unpaired) electrons. The average Bonchev–Trinajstić information content (AvgIpc) is 3.06. The Labute approximate surface area is 207 Å². The summed E-state index contributed by atoms with van der Waals surface area (Å²) < 4.78 is 16.4. The molecule has 35 heavy (non-hydrogen) atoms. The molecule has 7 heteroatoms. The molecule has 188 valence electrons. The Morgan fingerprint density at radius 1 is 1.06 bits per heavy atom. The molecule has 1 N–H and O–H groups in total. The van der Waals surface area contributed by atoms with Crippen LogP contribution in [-0.2, 0) is 19.7 Å². The Morgan fingerprint density at radius 3 is 2.26 bits per heavy atom. The van der Waals surface area contributed by atoms with Gasteiger partial charge in [0.15, 0.2) is 0 Å². The first-order valence-corrected chi connectivity index (χ1v) is 11.7. The molecule has 0 bridgehead atoms. The maximum absolute atomic E-state index is 13.3. The number of amides is 1. The van der Waals surface area contributed by atoms with Crippen LogP contribution in [0, 0.1) is 0 Å². The van der Waals surface area contributed by atoms with Crippen LogP contribution in [0.4, 0.5) is 0 Å². The summed E-state index contributed by atoms with van der Waals surface area (Å²) in [6.45, 7) is 10.5. The third-order valence-electron chi connectivity index (χ3n) is 5.96. The number of ketones is 1. The second-order valence-corrected chi connectivity index (χ2v) is 9.89. The van der Waals surface area contributed by atoms with E-state index in [9.17, 15) is 14.7 Å². The molecule has 3 rings (SSSR count). The first-order valence-electron chi connectivity index (χ1n) is 11.7. The van der Waals surface area contributed by atoms with E-state index in [1.807, 2.05) is 38.1 Å². The van der Waals surface area contributed by atoms with Gasteiger partial charge in [-0.1, -0.05) is 39.0 Å². The van der Waals surface area contributed by atoms with Crippen LogP contribution < -0.4 is 9.47 Å². The van der Waals surface area contributed by atoms with Gasteiger partial charge in [0.05, 0.1) is 37.0 Å². The number of Topliss-reactive ketones (excluding diaryl/α,β-unsaturated/α-hetero) is 1. The van der Waals surface area contributed by atoms with Crippen molar-refractivity contribution in [3.8, 4) is 11.5 Å². The first-order chi connectivity index (χ1) is 16.5. The summed E-state index contributed by atoms with van der Waals surface area (Å²) in [6.07, 6.45) is 0.00995. The molecule has 1 amide bonds. The summed E-state index contributed by atoms with van der Waals surface area (Å²) in [6, 6.07) is 11.9. The molecule has 0 aliphatic carbocycles. The topological polar surface area (TPSA) is 85.3 Å². The predicted molar refractivity (Wildman–Crippen MR) is 135 cm³/mol. The fourth-order valence-electron chi connectivity index (χ4n) is 4.15. The zero-order valence-electron chi connectivity index (χ0n) is 21.5. The fourth-order valence-corrected chi connectivity index (χ4v) is 4.15. The minimum absolute atomic E-state index is 0.00995. The molecule has 1 aliphatic rings. The zero-order chi connectivity index (χ0) is 25.9. The fraction of sp³-hybridized carbons (Fsp3) is 0.429. The summed E-state index contributed by atoms with van der Waals surface area (Å²) >= 11 is 0. The van der Waals surface area contributed by atoms with Crippen LogP contribution in [-0.4, -0.2) is 55.2 Å². The Hall–Kier alpha value is -3.32. The third-order valence-corrected chi connectivity index (χ3v) is 5.96. The minimum atomic E-state index is -0.777. The number of hydrogen-bond donors (Lipinski definition) is 1. The first kappa shape index (κ1) is 26.3. The predicted octanol–water partition coefficient (Wildman–Crippen LogP) is 4.85. The normalized spacial score (nSPS) is 17.8. The van der Waals surface area contributed by atoms with Gasteiger partial charge in [-0.3, -0.25) is 9.59 Å². The zero-order valence-corrected chi connectivity index (χ0v) is 21.5. The highest BCUT2D eigenvalue weighted by atomic mass is 16.5. The summed E-state index contributed by atoms with van der Waals surface area (Å²) in [5.74, 6) is -0.592. The van der Waals surface area contributed by atoms with Crippen LogP contribution in [0.15, 0.2) is 48.0 Å². The van der Waals surface area contributed by atoms with Crippen LogP contribution in [0.25, 0.3) is 5.76 Å². The third kappa shape index (κ3) is 5.51. The van der Waals surface area contributed by atoms with Crippen molar-refractivity contribution in [3.05, 3.63) is 64.7 Å². The lowest BCUT2D eigenvalue weighted by Gasteiger charge is -2.26. The summed E-state index contributed by atoms with van der Waals surface area (Å²) in [4.78, 5) is 27.7. The number of aliphatic hydroxyl groups is 1. The van der Waals surface area contributed by atoms with Crippen LogP contribution in [0.5, 0.6) is 11.5 Å². The van der Waals surface area contributed by atoms with Crippen LogP contribution in [0.1, 0.15) is 57.4 Å². The van der Waals surface area contributed by atoms with E-state index in [0.29, 0.717) is 22.6 Å². The Balaban J connectivity index is 2.20. The molecule has 0 aromatic heterocycles. The maximum atomic E-state index is 13.3. The van der Waals surface area contributed by atoms with Gasteiger partial charge in [-0.05, 0) is 54.7 Å². The molecule has 2 aromatic carbocycles. The minimum Gasteiger partial charge on any atom is -0.507 e. The van der Waals surface area contributed by atoms with E-state index in [-0.39, 0.29) is 36.0 Å². The van der Waals surface area contributed by atoms with E-state index >= 15 is 0 Å². The van der Waals surface area contributed by atoms with Crippen LogP contribution in [0.2, 0.25) is 0 Å². The van der Waals surface area contributed by atoms with Gasteiger partial charge in [-0.2, -0.15) is 0 Å². The van der Waals surface area contributed by atoms with Gasteiger partial charge in [0.25, 0.3) is 11.7 Å². The number of methoxy groups -OCH3 is 2. The highest BCUT2D eigenvalue weighted by Crippen LogP contribution is 2.42. The highest BCUT2D eigenvalue weighted by Gasteiger charge is 2.46. The van der Waals surface area contributed by atoms with Crippen molar-refractivity contribution < 1.29 is 28.9 Å². The molecule has 7 nitrogen and oxygen atoms in total. The van der Waals surface area contributed by atoms with Crippen molar-refractivity contribution in [2.24, 2.45) is 0 Å². The number of likely N-dealkylation sites (tertiary alicyclic amines) is 1. The monoisotopic (exact) mass is 481 g/mol. The van der Waals surface area contributed by atoms with Crippen molar-refractivity contribution in [2.45, 2.75) is 52.2 Å². The summed E-state index contributed by atoms with van der Waals surface area (Å²) in [7, 11) is 3.04. The number of carbonyl (C=O) groups is 2. The molecule has 1 saturated heterocycles. The van der Waals surface area contributed by atoms with Gasteiger partial charge < -0.3 is 24.2 Å². The van der Waals surface area contributed by atoms with Gasteiger partial charge >= 0.3 is 0 Å². The Morgan fingerprint density at radius 2 is 1.71 bits per heavy atom. The van der Waals surface area contributed by atoms with E-state index in [2.05, 4.69) is 20.8 Å². The van der Waals surface area contributed by atoms with Crippen molar-refractivity contribution in [1.82, 2.24) is 4.90 Å². The average molecular weight is 482 g/mol.